The third-order valence-corrected chi connectivity index (χ3v) is 4.32. The Morgan fingerprint density at radius 2 is 1.97 bits per heavy atom. The van der Waals surface area contributed by atoms with Crippen LogP contribution in [0.25, 0.3) is 6.08 Å². The lowest BCUT2D eigenvalue weighted by atomic mass is 10.1. The molecule has 0 fully saturated rings. The molecular formula is C22H22N2O6. The van der Waals surface area contributed by atoms with Gasteiger partial charge in [-0.15, -0.1) is 0 Å². The van der Waals surface area contributed by atoms with Crippen molar-refractivity contribution in [3.8, 4) is 11.5 Å². The summed E-state index contributed by atoms with van der Waals surface area (Å²) in [7, 11) is 1.55. The second-order valence-corrected chi connectivity index (χ2v) is 7.21. The van der Waals surface area contributed by atoms with Crippen LogP contribution in [-0.4, -0.2) is 30.5 Å². The van der Waals surface area contributed by atoms with E-state index in [2.05, 4.69) is 18.8 Å². The van der Waals surface area contributed by atoms with Gasteiger partial charge in [-0.2, -0.15) is 0 Å². The fourth-order valence-electron chi connectivity index (χ4n) is 2.83. The number of esters is 1. The largest absolute Gasteiger partial charge is 0.493 e. The number of rotatable bonds is 7. The van der Waals surface area contributed by atoms with E-state index in [0.717, 1.165) is 0 Å². The van der Waals surface area contributed by atoms with Gasteiger partial charge in [0.1, 0.15) is 0 Å². The van der Waals surface area contributed by atoms with Crippen LogP contribution in [0.2, 0.25) is 0 Å². The average Bonchev–Trinajstić information content (AvgIpc) is 3.06. The summed E-state index contributed by atoms with van der Waals surface area (Å²) in [5.41, 5.74) is 1.76. The number of benzene rings is 2. The third-order valence-electron chi connectivity index (χ3n) is 4.32. The van der Waals surface area contributed by atoms with E-state index >= 15 is 0 Å². The molecule has 0 radical (unpaired) electrons. The molecule has 2 aromatic rings. The Bertz CT molecular complexity index is 1060. The third kappa shape index (κ3) is 4.65. The fourth-order valence-corrected chi connectivity index (χ4v) is 2.83. The monoisotopic (exact) mass is 410 g/mol. The van der Waals surface area contributed by atoms with Gasteiger partial charge in [0.05, 0.1) is 18.6 Å². The van der Waals surface area contributed by atoms with Gasteiger partial charge in [-0.1, -0.05) is 19.9 Å². The van der Waals surface area contributed by atoms with E-state index in [1.807, 2.05) is 0 Å². The van der Waals surface area contributed by atoms with Gasteiger partial charge in [-0.05, 0) is 48.7 Å². The lowest BCUT2D eigenvalue weighted by Gasteiger charge is -2.12. The maximum atomic E-state index is 12.3. The summed E-state index contributed by atoms with van der Waals surface area (Å²) in [4.78, 5) is 27.0. The standard InChI is InChI=1S/C22H22N2O6/c1-13(2)12-29-19-8-5-15(11-20(19)28-4)10-17-22(25)30-21(23-17)16-6-7-18(24(26)27)14(3)9-16/h5-11,13H,12H2,1-4H3/b17-10-. The molecule has 0 aromatic heterocycles. The fraction of sp³-hybridized carbons (Fsp3) is 0.273. The summed E-state index contributed by atoms with van der Waals surface area (Å²) < 4.78 is 16.4. The summed E-state index contributed by atoms with van der Waals surface area (Å²) in [6, 6.07) is 9.75. The summed E-state index contributed by atoms with van der Waals surface area (Å²) in [5.74, 6) is 1.05. The van der Waals surface area contributed by atoms with Gasteiger partial charge >= 0.3 is 5.97 Å². The number of cyclic esters (lactones) is 1. The van der Waals surface area contributed by atoms with Crippen LogP contribution < -0.4 is 9.47 Å². The van der Waals surface area contributed by atoms with Crippen molar-refractivity contribution in [1.29, 1.82) is 0 Å². The van der Waals surface area contributed by atoms with Gasteiger partial charge in [0.15, 0.2) is 17.2 Å². The first-order chi connectivity index (χ1) is 14.3. The molecule has 0 saturated heterocycles. The summed E-state index contributed by atoms with van der Waals surface area (Å²) in [6.45, 7) is 6.29. The molecule has 1 aliphatic heterocycles. The number of nitrogens with zero attached hydrogens (tertiary/aromatic N) is 2. The van der Waals surface area contributed by atoms with E-state index in [4.69, 9.17) is 14.2 Å². The molecule has 0 atom stereocenters. The van der Waals surface area contributed by atoms with E-state index in [-0.39, 0.29) is 17.3 Å². The van der Waals surface area contributed by atoms with Crippen LogP contribution in [0.15, 0.2) is 47.1 Å². The van der Waals surface area contributed by atoms with Gasteiger partial charge in [0.2, 0.25) is 5.90 Å². The van der Waals surface area contributed by atoms with Crippen molar-refractivity contribution in [3.63, 3.8) is 0 Å². The normalized spacial score (nSPS) is 14.6. The minimum atomic E-state index is -0.597. The Kier molecular flexibility index (Phi) is 6.15. The first kappa shape index (κ1) is 21.0. The van der Waals surface area contributed by atoms with Crippen LogP contribution in [0.5, 0.6) is 11.5 Å². The summed E-state index contributed by atoms with van der Waals surface area (Å²) >= 11 is 0. The van der Waals surface area contributed by atoms with Crippen LogP contribution in [0, 0.1) is 23.0 Å². The molecule has 0 bridgehead atoms. The molecule has 3 rings (SSSR count). The molecule has 0 N–H and O–H groups in total. The smallest absolute Gasteiger partial charge is 0.363 e. The Balaban J connectivity index is 1.87. The molecule has 1 heterocycles. The Hall–Kier alpha value is -3.68. The van der Waals surface area contributed by atoms with Crippen molar-refractivity contribution in [1.82, 2.24) is 0 Å². The molecule has 156 valence electrons. The molecule has 0 aliphatic carbocycles. The first-order valence-corrected chi connectivity index (χ1v) is 9.37. The number of carbonyl (C=O) groups excluding carboxylic acids is 1. The molecular weight excluding hydrogens is 388 g/mol. The minimum Gasteiger partial charge on any atom is -0.493 e. The van der Waals surface area contributed by atoms with Crippen LogP contribution in [0.1, 0.15) is 30.5 Å². The highest BCUT2D eigenvalue weighted by molar-refractivity contribution is 6.13. The molecule has 0 saturated carbocycles. The maximum absolute atomic E-state index is 12.3. The number of aliphatic imine (C=N–C) groups is 1. The molecule has 2 aromatic carbocycles. The van der Waals surface area contributed by atoms with Gasteiger partial charge < -0.3 is 14.2 Å². The van der Waals surface area contributed by atoms with E-state index in [1.54, 1.807) is 44.4 Å². The second kappa shape index (κ2) is 8.77. The molecule has 30 heavy (non-hydrogen) atoms. The lowest BCUT2D eigenvalue weighted by molar-refractivity contribution is -0.385. The predicted octanol–water partition coefficient (Wildman–Crippen LogP) is 4.29. The number of ether oxygens (including phenoxy) is 3. The quantitative estimate of drug-likeness (QED) is 0.292. The highest BCUT2D eigenvalue weighted by Gasteiger charge is 2.25. The highest BCUT2D eigenvalue weighted by atomic mass is 16.6. The Morgan fingerprint density at radius 3 is 2.60 bits per heavy atom. The van der Waals surface area contributed by atoms with Crippen LogP contribution >= 0.6 is 0 Å². The van der Waals surface area contributed by atoms with Crippen molar-refractivity contribution in [2.45, 2.75) is 20.8 Å². The average molecular weight is 410 g/mol. The molecule has 8 heteroatoms. The Morgan fingerprint density at radius 1 is 1.20 bits per heavy atom. The highest BCUT2D eigenvalue weighted by Crippen LogP contribution is 2.30. The number of hydrogen-bond donors (Lipinski definition) is 0. The number of methoxy groups -OCH3 is 1. The summed E-state index contributed by atoms with van der Waals surface area (Å²) in [6.07, 6.45) is 1.59. The number of nitro groups is 1. The van der Waals surface area contributed by atoms with Crippen molar-refractivity contribution < 1.29 is 23.9 Å². The molecule has 8 nitrogen and oxygen atoms in total. The first-order valence-electron chi connectivity index (χ1n) is 9.37. The molecule has 0 amide bonds. The van der Waals surface area contributed by atoms with Crippen LogP contribution in [-0.2, 0) is 9.53 Å². The van der Waals surface area contributed by atoms with Gasteiger partial charge in [0, 0.05) is 17.2 Å². The van der Waals surface area contributed by atoms with Crippen LogP contribution in [0.3, 0.4) is 0 Å². The predicted molar refractivity (Wildman–Crippen MR) is 112 cm³/mol. The number of aryl methyl sites for hydroxylation is 1. The van der Waals surface area contributed by atoms with Crippen molar-refractivity contribution in [2.24, 2.45) is 10.9 Å². The van der Waals surface area contributed by atoms with Crippen molar-refractivity contribution >= 4 is 23.6 Å². The second-order valence-electron chi connectivity index (χ2n) is 7.21. The minimum absolute atomic E-state index is 0.00805. The molecule has 0 spiro atoms. The van der Waals surface area contributed by atoms with Crippen molar-refractivity contribution in [3.05, 3.63) is 68.9 Å². The van der Waals surface area contributed by atoms with Gasteiger partial charge in [-0.25, -0.2) is 9.79 Å². The van der Waals surface area contributed by atoms with Gasteiger partial charge in [0.25, 0.3) is 5.69 Å². The molecule has 1 aliphatic rings. The number of carbonyl (C=O) groups is 1. The lowest BCUT2D eigenvalue weighted by Crippen LogP contribution is -2.06. The zero-order valence-electron chi connectivity index (χ0n) is 17.2. The van der Waals surface area contributed by atoms with Gasteiger partial charge in [-0.3, -0.25) is 10.1 Å². The zero-order valence-corrected chi connectivity index (χ0v) is 17.2. The molecule has 0 unspecified atom stereocenters. The van der Waals surface area contributed by atoms with E-state index in [1.165, 1.54) is 12.1 Å². The number of nitro benzene ring substituents is 1. The van der Waals surface area contributed by atoms with E-state index in [9.17, 15) is 14.9 Å². The maximum Gasteiger partial charge on any atom is 0.363 e. The SMILES string of the molecule is COc1cc(/C=C2\N=C(c3ccc([N+](=O)[O-])c(C)c3)OC2=O)ccc1OCC(C)C. The Labute approximate surface area is 173 Å². The number of hydrogen-bond acceptors (Lipinski definition) is 7. The van der Waals surface area contributed by atoms with E-state index < -0.39 is 10.9 Å². The topological polar surface area (TPSA) is 100 Å². The summed E-state index contributed by atoms with van der Waals surface area (Å²) in [5, 5.41) is 11.0. The van der Waals surface area contributed by atoms with E-state index in [0.29, 0.717) is 40.7 Å². The van der Waals surface area contributed by atoms with Crippen LogP contribution in [0.4, 0.5) is 5.69 Å². The zero-order chi connectivity index (χ0) is 21.8. The van der Waals surface area contributed by atoms with Crippen molar-refractivity contribution in [2.75, 3.05) is 13.7 Å².